The van der Waals surface area contributed by atoms with E-state index in [2.05, 4.69) is 65.3 Å². The molecule has 1 aromatic heterocycles. The maximum atomic E-state index is 13.0. The first-order valence-electron chi connectivity index (χ1n) is 10.0. The summed E-state index contributed by atoms with van der Waals surface area (Å²) in [6.07, 6.45) is 1.85. The van der Waals surface area contributed by atoms with Crippen LogP contribution < -0.4 is 0 Å². The minimum absolute atomic E-state index is 0.223. The van der Waals surface area contributed by atoms with Crippen molar-refractivity contribution < 1.29 is 9.59 Å². The molecular formula is C25H23IN2O2S. The minimum Gasteiger partial charge on any atom is -0.318 e. The first kappa shape index (κ1) is 21.9. The molecule has 2 aromatic carbocycles. The Morgan fingerprint density at radius 2 is 1.68 bits per heavy atom. The van der Waals surface area contributed by atoms with Gasteiger partial charge in [-0.05, 0) is 109 Å². The molecule has 3 aromatic rings. The zero-order valence-electron chi connectivity index (χ0n) is 17.9. The number of halogens is 1. The lowest BCUT2D eigenvalue weighted by Gasteiger charge is -2.12. The Morgan fingerprint density at radius 1 is 0.968 bits per heavy atom. The summed E-state index contributed by atoms with van der Waals surface area (Å²) in [7, 11) is 0. The lowest BCUT2D eigenvalue weighted by Crippen LogP contribution is -2.27. The molecule has 0 bridgehead atoms. The van der Waals surface area contributed by atoms with Crippen molar-refractivity contribution in [3.63, 3.8) is 0 Å². The van der Waals surface area contributed by atoms with Crippen molar-refractivity contribution in [2.24, 2.45) is 0 Å². The standard InChI is InChI=1S/C25H23IN2O2S/c1-15-5-7-19(8-6-15)14-27-24(29)23(31-25(27)30)13-20-12-17(3)28(18(20)4)21-9-10-22(26)16(2)11-21/h5-13H,14H2,1-4H3/b23-13-. The summed E-state index contributed by atoms with van der Waals surface area (Å²) in [6.45, 7) is 8.51. The smallest absolute Gasteiger partial charge is 0.293 e. The summed E-state index contributed by atoms with van der Waals surface area (Å²) < 4.78 is 3.41. The summed E-state index contributed by atoms with van der Waals surface area (Å²) in [5.74, 6) is -0.231. The van der Waals surface area contributed by atoms with Crippen molar-refractivity contribution in [2.45, 2.75) is 34.2 Å². The van der Waals surface area contributed by atoms with Crippen LogP contribution in [0.4, 0.5) is 4.79 Å². The van der Waals surface area contributed by atoms with Crippen LogP contribution in [0.1, 0.15) is 33.6 Å². The van der Waals surface area contributed by atoms with Gasteiger partial charge in [-0.25, -0.2) is 0 Å². The number of nitrogens with zero attached hydrogens (tertiary/aromatic N) is 2. The lowest BCUT2D eigenvalue weighted by molar-refractivity contribution is -0.123. The van der Waals surface area contributed by atoms with Gasteiger partial charge in [-0.1, -0.05) is 29.8 Å². The molecule has 1 aliphatic heterocycles. The van der Waals surface area contributed by atoms with E-state index in [4.69, 9.17) is 0 Å². The molecule has 0 radical (unpaired) electrons. The van der Waals surface area contributed by atoms with Gasteiger partial charge in [-0.2, -0.15) is 0 Å². The van der Waals surface area contributed by atoms with E-state index in [0.29, 0.717) is 11.4 Å². The molecular weight excluding hydrogens is 519 g/mol. The topological polar surface area (TPSA) is 42.3 Å². The molecule has 1 saturated heterocycles. The summed E-state index contributed by atoms with van der Waals surface area (Å²) >= 11 is 3.35. The Kier molecular flexibility index (Phi) is 6.12. The second kappa shape index (κ2) is 8.67. The molecule has 0 spiro atoms. The number of rotatable bonds is 4. The Morgan fingerprint density at radius 3 is 2.35 bits per heavy atom. The SMILES string of the molecule is Cc1ccc(CN2C(=O)S/C(=C\c3cc(C)n(-c4ccc(I)c(C)c4)c3C)C2=O)cc1. The fourth-order valence-electron chi connectivity index (χ4n) is 3.75. The molecule has 0 aliphatic carbocycles. The van der Waals surface area contributed by atoms with E-state index in [0.717, 1.165) is 45.5 Å². The highest BCUT2D eigenvalue weighted by atomic mass is 127. The van der Waals surface area contributed by atoms with Crippen molar-refractivity contribution >= 4 is 51.6 Å². The van der Waals surface area contributed by atoms with Gasteiger partial charge in [0.15, 0.2) is 0 Å². The zero-order chi connectivity index (χ0) is 22.3. The van der Waals surface area contributed by atoms with Crippen molar-refractivity contribution in [3.8, 4) is 5.69 Å². The van der Waals surface area contributed by atoms with Gasteiger partial charge in [0.1, 0.15) is 0 Å². The highest BCUT2D eigenvalue weighted by Gasteiger charge is 2.35. The van der Waals surface area contributed by atoms with Gasteiger partial charge in [0.2, 0.25) is 0 Å². The number of imide groups is 1. The predicted octanol–water partition coefficient (Wildman–Crippen LogP) is 6.55. The van der Waals surface area contributed by atoms with Crippen LogP contribution in [0.15, 0.2) is 53.4 Å². The van der Waals surface area contributed by atoms with E-state index in [1.165, 1.54) is 14.0 Å². The third-order valence-corrected chi connectivity index (χ3v) is 7.61. The van der Waals surface area contributed by atoms with Crippen LogP contribution in [0.25, 0.3) is 11.8 Å². The van der Waals surface area contributed by atoms with Gasteiger partial charge in [-0.3, -0.25) is 14.5 Å². The third-order valence-electron chi connectivity index (χ3n) is 5.49. The number of hydrogen-bond acceptors (Lipinski definition) is 3. The number of hydrogen-bond donors (Lipinski definition) is 0. The second-order valence-corrected chi connectivity index (χ2v) is 10.0. The van der Waals surface area contributed by atoms with E-state index >= 15 is 0 Å². The molecule has 0 unspecified atom stereocenters. The van der Waals surface area contributed by atoms with Gasteiger partial charge in [0, 0.05) is 20.6 Å². The summed E-state index contributed by atoms with van der Waals surface area (Å²) in [6, 6.07) is 16.3. The average Bonchev–Trinajstić information content (AvgIpc) is 3.15. The normalized spacial score (nSPS) is 15.4. The predicted molar refractivity (Wildman–Crippen MR) is 135 cm³/mol. The average molecular weight is 542 g/mol. The molecule has 158 valence electrons. The first-order chi connectivity index (χ1) is 14.7. The number of benzene rings is 2. The summed E-state index contributed by atoms with van der Waals surface area (Å²) in [5, 5.41) is -0.223. The molecule has 4 nitrogen and oxygen atoms in total. The highest BCUT2D eigenvalue weighted by molar-refractivity contribution is 14.1. The van der Waals surface area contributed by atoms with Crippen molar-refractivity contribution in [1.29, 1.82) is 0 Å². The van der Waals surface area contributed by atoms with Gasteiger partial charge >= 0.3 is 0 Å². The molecule has 2 amide bonds. The van der Waals surface area contributed by atoms with E-state index in [1.54, 1.807) is 0 Å². The first-order valence-corrected chi connectivity index (χ1v) is 11.9. The molecule has 2 heterocycles. The number of carbonyl (C=O) groups excluding carboxylic acids is 2. The summed E-state index contributed by atoms with van der Waals surface area (Å²) in [4.78, 5) is 27.3. The molecule has 6 heteroatoms. The van der Waals surface area contributed by atoms with Crippen LogP contribution >= 0.6 is 34.4 Å². The Bertz CT molecular complexity index is 1230. The van der Waals surface area contributed by atoms with Crippen LogP contribution in [0, 0.1) is 31.3 Å². The van der Waals surface area contributed by atoms with E-state index < -0.39 is 0 Å². The Labute approximate surface area is 200 Å². The van der Waals surface area contributed by atoms with E-state index in [9.17, 15) is 9.59 Å². The van der Waals surface area contributed by atoms with Gasteiger partial charge in [-0.15, -0.1) is 0 Å². The van der Waals surface area contributed by atoms with Gasteiger partial charge in [0.25, 0.3) is 11.1 Å². The van der Waals surface area contributed by atoms with Crippen molar-refractivity contribution in [2.75, 3.05) is 0 Å². The van der Waals surface area contributed by atoms with E-state index in [1.807, 2.05) is 44.2 Å². The highest BCUT2D eigenvalue weighted by Crippen LogP contribution is 2.35. The van der Waals surface area contributed by atoms with Crippen molar-refractivity contribution in [1.82, 2.24) is 9.47 Å². The number of carbonyl (C=O) groups is 2. The van der Waals surface area contributed by atoms with Crippen LogP contribution in [0.3, 0.4) is 0 Å². The largest absolute Gasteiger partial charge is 0.318 e. The quantitative estimate of drug-likeness (QED) is 0.277. The molecule has 31 heavy (non-hydrogen) atoms. The van der Waals surface area contributed by atoms with Gasteiger partial charge < -0.3 is 4.57 Å². The maximum Gasteiger partial charge on any atom is 0.293 e. The second-order valence-electron chi connectivity index (χ2n) is 7.85. The number of aryl methyl sites for hydroxylation is 3. The third kappa shape index (κ3) is 4.36. The Balaban J connectivity index is 1.63. The monoisotopic (exact) mass is 542 g/mol. The van der Waals surface area contributed by atoms with Crippen LogP contribution in [-0.2, 0) is 11.3 Å². The lowest BCUT2D eigenvalue weighted by atomic mass is 10.1. The van der Waals surface area contributed by atoms with E-state index in [-0.39, 0.29) is 11.1 Å². The fourth-order valence-corrected chi connectivity index (χ4v) is 4.92. The fraction of sp³-hybridized carbons (Fsp3) is 0.200. The molecule has 4 rings (SSSR count). The van der Waals surface area contributed by atoms with Crippen LogP contribution in [0.2, 0.25) is 0 Å². The van der Waals surface area contributed by atoms with Crippen LogP contribution in [0.5, 0.6) is 0 Å². The molecule has 1 fully saturated rings. The maximum absolute atomic E-state index is 13.0. The van der Waals surface area contributed by atoms with Crippen molar-refractivity contribution in [3.05, 3.63) is 90.6 Å². The zero-order valence-corrected chi connectivity index (χ0v) is 20.9. The number of aromatic nitrogens is 1. The molecule has 1 aliphatic rings. The van der Waals surface area contributed by atoms with Gasteiger partial charge in [0.05, 0.1) is 11.4 Å². The minimum atomic E-state index is -0.231. The molecule has 0 saturated carbocycles. The molecule has 0 atom stereocenters. The van der Waals surface area contributed by atoms with Crippen LogP contribution in [-0.4, -0.2) is 20.6 Å². The molecule has 0 N–H and O–H groups in total. The number of amides is 2. The summed E-state index contributed by atoms with van der Waals surface area (Å²) in [5.41, 5.74) is 7.50. The number of thioether (sulfide) groups is 1. The Hall–Kier alpha value is -2.32.